The summed E-state index contributed by atoms with van der Waals surface area (Å²) in [5.41, 5.74) is 0. The van der Waals surface area contributed by atoms with Crippen molar-refractivity contribution in [3.8, 4) is 0 Å². The largest absolute Gasteiger partial charge is 0.301 e. The second-order valence-electron chi connectivity index (χ2n) is 3.84. The molecule has 1 heterocycles. The normalized spacial score (nSPS) is 26.7. The van der Waals surface area contributed by atoms with Crippen molar-refractivity contribution in [1.29, 1.82) is 0 Å². The molecule has 0 aromatic carbocycles. The lowest BCUT2D eigenvalue weighted by molar-refractivity contribution is 0.260. The van der Waals surface area contributed by atoms with Crippen LogP contribution in [0.1, 0.15) is 40.0 Å². The lowest BCUT2D eigenvalue weighted by atomic mass is 10.0. The van der Waals surface area contributed by atoms with E-state index in [4.69, 9.17) is 0 Å². The van der Waals surface area contributed by atoms with Gasteiger partial charge in [-0.2, -0.15) is 0 Å². The molecule has 1 unspecified atom stereocenters. The summed E-state index contributed by atoms with van der Waals surface area (Å²) in [4.78, 5) is 2.60. The monoisotopic (exact) mass is 154 g/mol. The Morgan fingerprint density at radius 1 is 1.45 bits per heavy atom. The van der Waals surface area contributed by atoms with E-state index in [2.05, 4.69) is 25.7 Å². The fourth-order valence-corrected chi connectivity index (χ4v) is 2.01. The maximum atomic E-state index is 2.60. The Kier molecular flexibility index (Phi) is 3.38. The molecule has 0 amide bonds. The van der Waals surface area contributed by atoms with Crippen LogP contribution in [0.4, 0.5) is 0 Å². The van der Waals surface area contributed by atoms with Gasteiger partial charge in [0.1, 0.15) is 0 Å². The molecule has 1 saturated heterocycles. The van der Waals surface area contributed by atoms with Gasteiger partial charge in [-0.15, -0.1) is 0 Å². The smallest absolute Gasteiger partial charge is 0.0101 e. The highest BCUT2D eigenvalue weighted by Gasteiger charge is 2.23. The topological polar surface area (TPSA) is 3.24 Å². The highest BCUT2D eigenvalue weighted by atomic mass is 15.2. The summed E-state index contributed by atoms with van der Waals surface area (Å²) >= 11 is 0. The molecule has 0 bridgehead atoms. The second kappa shape index (κ2) is 4.10. The van der Waals surface area contributed by atoms with Gasteiger partial charge in [-0.05, 0) is 38.3 Å². The third kappa shape index (κ3) is 2.48. The number of likely N-dealkylation sites (tertiary alicyclic amines) is 1. The first kappa shape index (κ1) is 9.05. The van der Waals surface area contributed by atoms with Crippen LogP contribution in [-0.4, -0.2) is 24.0 Å². The van der Waals surface area contributed by atoms with Crippen molar-refractivity contribution in [3.63, 3.8) is 0 Å². The molecule has 1 rings (SSSR count). The maximum absolute atomic E-state index is 2.60. The molecule has 1 heteroatoms. The molecule has 1 aliphatic heterocycles. The van der Waals surface area contributed by atoms with Crippen molar-refractivity contribution < 1.29 is 0 Å². The maximum Gasteiger partial charge on any atom is 0.0101 e. The molecule has 1 radical (unpaired) electrons. The van der Waals surface area contributed by atoms with Crippen molar-refractivity contribution in [3.05, 3.63) is 5.92 Å². The van der Waals surface area contributed by atoms with Crippen molar-refractivity contribution in [2.24, 2.45) is 0 Å². The van der Waals surface area contributed by atoms with Gasteiger partial charge in [0.05, 0.1) is 0 Å². The van der Waals surface area contributed by atoms with E-state index in [9.17, 15) is 0 Å². The fraction of sp³-hybridized carbons (Fsp3) is 0.900. The quantitative estimate of drug-likeness (QED) is 0.603. The Labute approximate surface area is 70.8 Å². The number of hydrogen-bond donors (Lipinski definition) is 0. The molecule has 0 aliphatic carbocycles. The van der Waals surface area contributed by atoms with E-state index in [1.54, 1.807) is 5.92 Å². The summed E-state index contributed by atoms with van der Waals surface area (Å²) in [7, 11) is 0. The van der Waals surface area contributed by atoms with E-state index in [0.29, 0.717) is 0 Å². The fourth-order valence-electron chi connectivity index (χ4n) is 2.01. The summed E-state index contributed by atoms with van der Waals surface area (Å²) in [5, 5.41) is 0. The Bertz CT molecular complexity index is 109. The molecule has 1 nitrogen and oxygen atoms in total. The highest BCUT2D eigenvalue weighted by Crippen LogP contribution is 2.23. The summed E-state index contributed by atoms with van der Waals surface area (Å²) in [5.74, 6) is 1.58. The van der Waals surface area contributed by atoms with Gasteiger partial charge in [0.25, 0.3) is 0 Å². The lowest BCUT2D eigenvalue weighted by Gasteiger charge is -2.23. The van der Waals surface area contributed by atoms with Crippen LogP contribution >= 0.6 is 0 Å². The zero-order valence-corrected chi connectivity index (χ0v) is 8.06. The van der Waals surface area contributed by atoms with E-state index >= 15 is 0 Å². The van der Waals surface area contributed by atoms with E-state index < -0.39 is 0 Å². The number of nitrogens with zero attached hydrogens (tertiary/aromatic N) is 1. The molecule has 0 N–H and O–H groups in total. The van der Waals surface area contributed by atoms with E-state index in [1.807, 2.05) is 0 Å². The van der Waals surface area contributed by atoms with Crippen LogP contribution in [0.2, 0.25) is 0 Å². The van der Waals surface area contributed by atoms with Gasteiger partial charge in [-0.3, -0.25) is 0 Å². The summed E-state index contributed by atoms with van der Waals surface area (Å²) in [6.45, 7) is 9.31. The predicted molar refractivity (Wildman–Crippen MR) is 49.5 cm³/mol. The van der Waals surface area contributed by atoms with Gasteiger partial charge in [0, 0.05) is 6.04 Å². The van der Waals surface area contributed by atoms with Gasteiger partial charge >= 0.3 is 0 Å². The zero-order valence-electron chi connectivity index (χ0n) is 8.06. The summed E-state index contributed by atoms with van der Waals surface area (Å²) in [6, 6.07) is 0.866. The first-order chi connectivity index (χ1) is 5.24. The zero-order chi connectivity index (χ0) is 8.27. The minimum Gasteiger partial charge on any atom is -0.301 e. The molecular weight excluding hydrogens is 134 g/mol. The van der Waals surface area contributed by atoms with E-state index in [-0.39, 0.29) is 0 Å². The molecule has 0 saturated carbocycles. The second-order valence-corrected chi connectivity index (χ2v) is 3.84. The van der Waals surface area contributed by atoms with Gasteiger partial charge in [0.2, 0.25) is 0 Å². The van der Waals surface area contributed by atoms with Gasteiger partial charge in [-0.1, -0.05) is 20.8 Å². The number of hydrogen-bond acceptors (Lipinski definition) is 1. The summed E-state index contributed by atoms with van der Waals surface area (Å²) in [6.07, 6.45) is 4.14. The van der Waals surface area contributed by atoms with Crippen LogP contribution in [0.25, 0.3) is 0 Å². The van der Waals surface area contributed by atoms with Crippen molar-refractivity contribution in [2.75, 3.05) is 13.1 Å². The van der Waals surface area contributed by atoms with Crippen molar-refractivity contribution in [1.82, 2.24) is 4.90 Å². The molecule has 1 aliphatic rings. The van der Waals surface area contributed by atoms with E-state index in [0.717, 1.165) is 6.04 Å². The van der Waals surface area contributed by atoms with Crippen LogP contribution in [0.5, 0.6) is 0 Å². The Morgan fingerprint density at radius 3 is 2.73 bits per heavy atom. The molecule has 0 aromatic rings. The predicted octanol–water partition coefficient (Wildman–Crippen LogP) is 2.48. The van der Waals surface area contributed by atoms with Crippen LogP contribution in [0, 0.1) is 5.92 Å². The highest BCUT2D eigenvalue weighted by molar-refractivity contribution is 4.88. The Hall–Kier alpha value is -0.0400. The van der Waals surface area contributed by atoms with Gasteiger partial charge in [0.15, 0.2) is 0 Å². The minimum absolute atomic E-state index is 0.866. The standard InChI is InChI=1S/C10H20N/c1-4-11-7-5-6-10(11)8-9(2)3/h10H,4-8H2,1-3H3. The lowest BCUT2D eigenvalue weighted by Crippen LogP contribution is -2.29. The van der Waals surface area contributed by atoms with Gasteiger partial charge < -0.3 is 4.90 Å². The van der Waals surface area contributed by atoms with E-state index in [1.165, 1.54) is 32.4 Å². The Balaban J connectivity index is 2.31. The van der Waals surface area contributed by atoms with Crippen molar-refractivity contribution >= 4 is 0 Å². The van der Waals surface area contributed by atoms with Crippen LogP contribution in [0.3, 0.4) is 0 Å². The number of rotatable bonds is 3. The van der Waals surface area contributed by atoms with Crippen LogP contribution in [-0.2, 0) is 0 Å². The average molecular weight is 154 g/mol. The molecule has 1 fully saturated rings. The molecule has 0 spiro atoms. The third-order valence-corrected chi connectivity index (χ3v) is 2.55. The third-order valence-electron chi connectivity index (χ3n) is 2.55. The molecule has 11 heavy (non-hydrogen) atoms. The molecule has 65 valence electrons. The SMILES string of the molecule is CCN1CCCC1C[C](C)C. The van der Waals surface area contributed by atoms with Gasteiger partial charge in [-0.25, -0.2) is 0 Å². The molecule has 0 aromatic heterocycles. The molecular formula is C10H20N. The van der Waals surface area contributed by atoms with Crippen LogP contribution < -0.4 is 0 Å². The first-order valence-electron chi connectivity index (χ1n) is 4.77. The van der Waals surface area contributed by atoms with Crippen LogP contribution in [0.15, 0.2) is 0 Å². The van der Waals surface area contributed by atoms with Crippen molar-refractivity contribution in [2.45, 2.75) is 46.1 Å². The minimum atomic E-state index is 0.866. The first-order valence-corrected chi connectivity index (χ1v) is 4.77. The Morgan fingerprint density at radius 2 is 2.18 bits per heavy atom. The summed E-state index contributed by atoms with van der Waals surface area (Å²) < 4.78 is 0. The molecule has 1 atom stereocenters. The average Bonchev–Trinajstić information content (AvgIpc) is 2.34.